The van der Waals surface area contributed by atoms with Gasteiger partial charge in [-0.05, 0) is 19.3 Å². The number of amides is 1. The van der Waals surface area contributed by atoms with Crippen LogP contribution >= 0.6 is 0 Å². The number of likely N-dealkylation sites (tertiary alicyclic amines) is 1. The fourth-order valence-electron chi connectivity index (χ4n) is 1.80. The molecular formula is C14H25NO4. The van der Waals surface area contributed by atoms with Gasteiger partial charge in [-0.3, -0.25) is 4.79 Å². The van der Waals surface area contributed by atoms with Crippen LogP contribution in [-0.4, -0.2) is 36.3 Å². The van der Waals surface area contributed by atoms with E-state index < -0.39 is 6.29 Å². The minimum Gasteiger partial charge on any atom is -0.425 e. The molecule has 1 heterocycles. The van der Waals surface area contributed by atoms with Crippen molar-refractivity contribution in [2.45, 2.75) is 53.2 Å². The minimum absolute atomic E-state index is 0.0589. The zero-order valence-electron chi connectivity index (χ0n) is 12.3. The van der Waals surface area contributed by atoms with Gasteiger partial charge in [-0.1, -0.05) is 27.7 Å². The fraction of sp³-hybridized carbons (Fsp3) is 0.857. The molecule has 1 atom stereocenters. The molecule has 1 aliphatic heterocycles. The standard InChI is InChI=1S/C14H25NO4/c1-10(2)12(16)18-13(11(3)4)19-14(17)15-8-6-5-7-9-15/h10-11,13H,5-9H2,1-4H3. The second-order valence-electron chi connectivity index (χ2n) is 5.64. The molecule has 1 saturated heterocycles. The first-order valence-corrected chi connectivity index (χ1v) is 7.08. The summed E-state index contributed by atoms with van der Waals surface area (Å²) >= 11 is 0. The van der Waals surface area contributed by atoms with E-state index in [0.717, 1.165) is 32.4 Å². The summed E-state index contributed by atoms with van der Waals surface area (Å²) in [5.74, 6) is -0.628. The molecule has 110 valence electrons. The summed E-state index contributed by atoms with van der Waals surface area (Å²) in [4.78, 5) is 25.2. The van der Waals surface area contributed by atoms with Crippen LogP contribution in [0.3, 0.4) is 0 Å². The third-order valence-corrected chi connectivity index (χ3v) is 3.08. The number of hydrogen-bond acceptors (Lipinski definition) is 4. The van der Waals surface area contributed by atoms with E-state index in [1.54, 1.807) is 18.7 Å². The van der Waals surface area contributed by atoms with E-state index in [1.807, 2.05) is 13.8 Å². The molecule has 1 aliphatic rings. The number of hydrogen-bond donors (Lipinski definition) is 0. The highest BCUT2D eigenvalue weighted by atomic mass is 16.7. The monoisotopic (exact) mass is 271 g/mol. The molecule has 0 N–H and O–H groups in total. The van der Waals surface area contributed by atoms with Crippen molar-refractivity contribution in [2.24, 2.45) is 11.8 Å². The van der Waals surface area contributed by atoms with Crippen molar-refractivity contribution in [3.63, 3.8) is 0 Å². The van der Waals surface area contributed by atoms with E-state index >= 15 is 0 Å². The van der Waals surface area contributed by atoms with Crippen LogP contribution in [0.15, 0.2) is 0 Å². The van der Waals surface area contributed by atoms with Gasteiger partial charge in [0, 0.05) is 19.0 Å². The third kappa shape index (κ3) is 5.09. The quantitative estimate of drug-likeness (QED) is 0.583. The summed E-state index contributed by atoms with van der Waals surface area (Å²) < 4.78 is 10.5. The molecule has 0 spiro atoms. The van der Waals surface area contributed by atoms with Gasteiger partial charge in [0.25, 0.3) is 6.29 Å². The number of ether oxygens (including phenoxy) is 2. The first-order chi connectivity index (χ1) is 8.91. The number of carbonyl (C=O) groups is 2. The maximum Gasteiger partial charge on any atom is 0.412 e. The Morgan fingerprint density at radius 3 is 2.00 bits per heavy atom. The lowest BCUT2D eigenvalue weighted by Crippen LogP contribution is -2.40. The highest BCUT2D eigenvalue weighted by molar-refractivity contribution is 5.72. The molecule has 5 nitrogen and oxygen atoms in total. The lowest BCUT2D eigenvalue weighted by molar-refractivity contribution is -0.180. The Labute approximate surface area is 115 Å². The van der Waals surface area contributed by atoms with Crippen LogP contribution in [0.5, 0.6) is 0 Å². The molecule has 1 unspecified atom stereocenters. The Morgan fingerprint density at radius 1 is 0.947 bits per heavy atom. The summed E-state index contributed by atoms with van der Waals surface area (Å²) in [7, 11) is 0. The molecule has 19 heavy (non-hydrogen) atoms. The van der Waals surface area contributed by atoms with Gasteiger partial charge in [-0.2, -0.15) is 0 Å². The van der Waals surface area contributed by atoms with Gasteiger partial charge >= 0.3 is 12.1 Å². The predicted octanol–water partition coefficient (Wildman–Crippen LogP) is 2.79. The van der Waals surface area contributed by atoms with Gasteiger partial charge < -0.3 is 14.4 Å². The molecular weight excluding hydrogens is 246 g/mol. The second kappa shape index (κ2) is 7.36. The van der Waals surface area contributed by atoms with Gasteiger partial charge in [-0.25, -0.2) is 4.79 Å². The molecule has 0 radical (unpaired) electrons. The van der Waals surface area contributed by atoms with Crippen molar-refractivity contribution >= 4 is 12.1 Å². The van der Waals surface area contributed by atoms with Crippen molar-refractivity contribution in [3.8, 4) is 0 Å². The van der Waals surface area contributed by atoms with Crippen LogP contribution in [-0.2, 0) is 14.3 Å². The SMILES string of the molecule is CC(C)C(=O)OC(OC(=O)N1CCCCC1)C(C)C. The van der Waals surface area contributed by atoms with E-state index in [0.29, 0.717) is 0 Å². The molecule has 0 bridgehead atoms. The Balaban J connectivity index is 2.52. The fourth-order valence-corrected chi connectivity index (χ4v) is 1.80. The summed E-state index contributed by atoms with van der Waals surface area (Å²) in [6.45, 7) is 8.69. The first kappa shape index (κ1) is 15.8. The summed E-state index contributed by atoms with van der Waals surface area (Å²) in [6, 6.07) is 0. The highest BCUT2D eigenvalue weighted by Gasteiger charge is 2.27. The smallest absolute Gasteiger partial charge is 0.412 e. The Hall–Kier alpha value is -1.26. The molecule has 0 aliphatic carbocycles. The summed E-state index contributed by atoms with van der Waals surface area (Å²) in [6.07, 6.45) is 1.99. The number of carbonyl (C=O) groups excluding carboxylic acids is 2. The lowest BCUT2D eigenvalue weighted by atomic mass is 10.1. The Kier molecular flexibility index (Phi) is 6.12. The van der Waals surface area contributed by atoms with Crippen LogP contribution in [0.2, 0.25) is 0 Å². The molecule has 5 heteroatoms. The third-order valence-electron chi connectivity index (χ3n) is 3.08. The van der Waals surface area contributed by atoms with Gasteiger partial charge in [0.15, 0.2) is 0 Å². The van der Waals surface area contributed by atoms with Crippen molar-refractivity contribution in [2.75, 3.05) is 13.1 Å². The van der Waals surface area contributed by atoms with E-state index in [1.165, 1.54) is 0 Å². The number of rotatable bonds is 4. The van der Waals surface area contributed by atoms with Crippen LogP contribution in [0.1, 0.15) is 47.0 Å². The summed E-state index contributed by atoms with van der Waals surface area (Å²) in [5, 5.41) is 0. The van der Waals surface area contributed by atoms with Crippen molar-refractivity contribution in [1.82, 2.24) is 4.90 Å². The van der Waals surface area contributed by atoms with E-state index in [9.17, 15) is 9.59 Å². The maximum atomic E-state index is 12.0. The van der Waals surface area contributed by atoms with Gasteiger partial charge in [0.2, 0.25) is 0 Å². The van der Waals surface area contributed by atoms with Gasteiger partial charge in [0.05, 0.1) is 5.92 Å². The van der Waals surface area contributed by atoms with Crippen molar-refractivity contribution in [3.05, 3.63) is 0 Å². The number of esters is 1. The molecule has 0 aromatic heterocycles. The largest absolute Gasteiger partial charge is 0.425 e. The average Bonchev–Trinajstić information content (AvgIpc) is 2.38. The first-order valence-electron chi connectivity index (χ1n) is 7.08. The predicted molar refractivity (Wildman–Crippen MR) is 71.5 cm³/mol. The number of nitrogens with zero attached hydrogens (tertiary/aromatic N) is 1. The van der Waals surface area contributed by atoms with E-state index in [4.69, 9.17) is 9.47 Å². The molecule has 1 rings (SSSR count). The zero-order chi connectivity index (χ0) is 14.4. The Morgan fingerprint density at radius 2 is 1.53 bits per heavy atom. The van der Waals surface area contributed by atoms with Crippen molar-refractivity contribution < 1.29 is 19.1 Å². The topological polar surface area (TPSA) is 55.8 Å². The summed E-state index contributed by atoms with van der Waals surface area (Å²) in [5.41, 5.74) is 0. The molecule has 0 aromatic rings. The van der Waals surface area contributed by atoms with E-state index in [2.05, 4.69) is 0 Å². The minimum atomic E-state index is -0.802. The highest BCUT2D eigenvalue weighted by Crippen LogP contribution is 2.15. The molecule has 0 aromatic carbocycles. The zero-order valence-corrected chi connectivity index (χ0v) is 12.3. The second-order valence-corrected chi connectivity index (χ2v) is 5.64. The molecule has 0 saturated carbocycles. The van der Waals surface area contributed by atoms with Crippen LogP contribution in [0, 0.1) is 11.8 Å². The Bertz CT molecular complexity index is 309. The maximum absolute atomic E-state index is 12.0. The van der Waals surface area contributed by atoms with E-state index in [-0.39, 0.29) is 23.9 Å². The molecule has 1 fully saturated rings. The number of piperidine rings is 1. The van der Waals surface area contributed by atoms with Crippen LogP contribution < -0.4 is 0 Å². The van der Waals surface area contributed by atoms with Crippen molar-refractivity contribution in [1.29, 1.82) is 0 Å². The normalized spacial score (nSPS) is 17.5. The average molecular weight is 271 g/mol. The molecule has 1 amide bonds. The van der Waals surface area contributed by atoms with Gasteiger partial charge in [0.1, 0.15) is 0 Å². The van der Waals surface area contributed by atoms with Crippen LogP contribution in [0.25, 0.3) is 0 Å². The van der Waals surface area contributed by atoms with Gasteiger partial charge in [-0.15, -0.1) is 0 Å². The van der Waals surface area contributed by atoms with Crippen LogP contribution in [0.4, 0.5) is 4.79 Å². The lowest BCUT2D eigenvalue weighted by Gasteiger charge is -2.29.